The molecule has 0 saturated carbocycles. The maximum absolute atomic E-state index is 12.2. The van der Waals surface area contributed by atoms with Crippen molar-refractivity contribution in [3.8, 4) is 0 Å². The molecule has 0 unspecified atom stereocenters. The zero-order valence-electron chi connectivity index (χ0n) is 14.0. The lowest BCUT2D eigenvalue weighted by Gasteiger charge is -2.10. The summed E-state index contributed by atoms with van der Waals surface area (Å²) in [5.74, 6) is 0.209. The molecule has 5 nitrogen and oxygen atoms in total. The number of benzene rings is 2. The molecule has 2 aromatic carbocycles. The van der Waals surface area contributed by atoms with E-state index in [1.807, 2.05) is 43.3 Å². The molecule has 7 heteroatoms. The highest BCUT2D eigenvalue weighted by Gasteiger charge is 2.09. The fourth-order valence-corrected chi connectivity index (χ4v) is 2.66. The number of anilines is 2. The Labute approximate surface area is 161 Å². The zero-order valence-corrected chi connectivity index (χ0v) is 15.5. The summed E-state index contributed by atoms with van der Waals surface area (Å²) in [6.45, 7) is 2.28. The Kier molecular flexibility index (Phi) is 5.71. The van der Waals surface area contributed by atoms with Crippen LogP contribution in [0.15, 0.2) is 54.9 Å². The van der Waals surface area contributed by atoms with E-state index in [0.717, 1.165) is 16.8 Å². The van der Waals surface area contributed by atoms with Crippen LogP contribution in [-0.2, 0) is 6.54 Å². The van der Waals surface area contributed by atoms with Gasteiger partial charge in [-0.2, -0.15) is 0 Å². The summed E-state index contributed by atoms with van der Waals surface area (Å²) < 4.78 is 0. The monoisotopic (exact) mass is 386 g/mol. The first-order chi connectivity index (χ1) is 12.5. The number of carbonyl (C=O) groups is 1. The van der Waals surface area contributed by atoms with Crippen LogP contribution in [-0.4, -0.2) is 15.9 Å². The summed E-state index contributed by atoms with van der Waals surface area (Å²) >= 11 is 12.1. The molecule has 0 aliphatic heterocycles. The van der Waals surface area contributed by atoms with Crippen molar-refractivity contribution in [3.63, 3.8) is 0 Å². The van der Waals surface area contributed by atoms with Crippen LogP contribution >= 0.6 is 23.2 Å². The number of nitrogens with zero attached hydrogens (tertiary/aromatic N) is 2. The molecule has 1 aromatic heterocycles. The van der Waals surface area contributed by atoms with Crippen LogP contribution < -0.4 is 10.6 Å². The predicted molar refractivity (Wildman–Crippen MR) is 104 cm³/mol. The molecule has 132 valence electrons. The van der Waals surface area contributed by atoms with Crippen LogP contribution in [0.3, 0.4) is 0 Å². The van der Waals surface area contributed by atoms with Crippen LogP contribution in [0.25, 0.3) is 0 Å². The van der Waals surface area contributed by atoms with Gasteiger partial charge in [-0.15, -0.1) is 0 Å². The zero-order chi connectivity index (χ0) is 18.5. The number of aromatic nitrogens is 2. The molecule has 0 aliphatic carbocycles. The number of rotatable bonds is 5. The predicted octanol–water partition coefficient (Wildman–Crippen LogP) is 4.77. The average molecular weight is 387 g/mol. The van der Waals surface area contributed by atoms with Gasteiger partial charge in [-0.1, -0.05) is 47.5 Å². The number of nitrogens with one attached hydrogen (secondary N) is 2. The first kappa shape index (κ1) is 18.2. The Balaban J connectivity index is 1.64. The molecule has 0 spiro atoms. The lowest BCUT2D eigenvalue weighted by atomic mass is 10.2. The van der Waals surface area contributed by atoms with Gasteiger partial charge in [-0.3, -0.25) is 4.79 Å². The van der Waals surface area contributed by atoms with E-state index < -0.39 is 0 Å². The number of halogens is 2. The molecule has 0 aliphatic rings. The van der Waals surface area contributed by atoms with Gasteiger partial charge >= 0.3 is 0 Å². The van der Waals surface area contributed by atoms with E-state index in [1.165, 1.54) is 12.4 Å². The molecule has 2 N–H and O–H groups in total. The average Bonchev–Trinajstić information content (AvgIpc) is 2.64. The van der Waals surface area contributed by atoms with E-state index in [1.54, 1.807) is 6.07 Å². The van der Waals surface area contributed by atoms with Gasteiger partial charge in [-0.05, 0) is 36.2 Å². The van der Waals surface area contributed by atoms with E-state index >= 15 is 0 Å². The minimum Gasteiger partial charge on any atom is -0.347 e. The summed E-state index contributed by atoms with van der Waals surface area (Å²) in [6, 6.07) is 12.9. The molecule has 3 rings (SSSR count). The lowest BCUT2D eigenvalue weighted by molar-refractivity contribution is 0.0945. The van der Waals surface area contributed by atoms with E-state index in [4.69, 9.17) is 23.2 Å². The van der Waals surface area contributed by atoms with Crippen LogP contribution in [0.1, 0.15) is 21.6 Å². The third kappa shape index (κ3) is 4.50. The van der Waals surface area contributed by atoms with E-state index in [2.05, 4.69) is 20.6 Å². The van der Waals surface area contributed by atoms with Crippen LogP contribution in [0, 0.1) is 6.92 Å². The molecule has 0 radical (unpaired) electrons. The van der Waals surface area contributed by atoms with Crippen LogP contribution in [0.2, 0.25) is 10.0 Å². The summed E-state index contributed by atoms with van der Waals surface area (Å²) in [5.41, 5.74) is 2.93. The molecule has 26 heavy (non-hydrogen) atoms. The SMILES string of the molecule is Cc1ccc(Cl)cc1Nc1cnc(C(=O)NCc2ccccc2Cl)cn1. The van der Waals surface area contributed by atoms with Gasteiger partial charge in [0.2, 0.25) is 0 Å². The van der Waals surface area contributed by atoms with Gasteiger partial charge < -0.3 is 10.6 Å². The van der Waals surface area contributed by atoms with Crippen molar-refractivity contribution >= 4 is 40.6 Å². The van der Waals surface area contributed by atoms with Gasteiger partial charge in [-0.25, -0.2) is 9.97 Å². The van der Waals surface area contributed by atoms with Crippen molar-refractivity contribution in [1.82, 2.24) is 15.3 Å². The van der Waals surface area contributed by atoms with E-state index in [-0.39, 0.29) is 11.6 Å². The Hall–Kier alpha value is -2.63. The first-order valence-corrected chi connectivity index (χ1v) is 8.65. The third-order valence-corrected chi connectivity index (χ3v) is 4.35. The maximum Gasteiger partial charge on any atom is 0.271 e. The number of carbonyl (C=O) groups excluding carboxylic acids is 1. The normalized spacial score (nSPS) is 10.4. The largest absolute Gasteiger partial charge is 0.347 e. The highest BCUT2D eigenvalue weighted by molar-refractivity contribution is 6.31. The summed E-state index contributed by atoms with van der Waals surface area (Å²) in [4.78, 5) is 20.6. The fraction of sp³-hybridized carbons (Fsp3) is 0.105. The Morgan fingerprint density at radius 1 is 1.08 bits per heavy atom. The third-order valence-electron chi connectivity index (χ3n) is 3.74. The molecular formula is C19H16Cl2N4O. The second-order valence-electron chi connectivity index (χ2n) is 5.65. The standard InChI is InChI=1S/C19H16Cl2N4O/c1-12-6-7-14(20)8-16(12)25-18-11-22-17(10-23-18)19(26)24-9-13-4-2-3-5-15(13)21/h2-8,10-11H,9H2,1H3,(H,23,25)(H,24,26). The van der Waals surface area contributed by atoms with Gasteiger partial charge in [0.05, 0.1) is 12.4 Å². The molecule has 0 atom stereocenters. The summed E-state index contributed by atoms with van der Waals surface area (Å²) in [5, 5.41) is 7.15. The van der Waals surface area contributed by atoms with Crippen LogP contribution in [0.5, 0.6) is 0 Å². The van der Waals surface area contributed by atoms with Gasteiger partial charge in [0, 0.05) is 22.3 Å². The number of amides is 1. The van der Waals surface area contributed by atoms with Crippen molar-refractivity contribution in [2.75, 3.05) is 5.32 Å². The molecular weight excluding hydrogens is 371 g/mol. The topological polar surface area (TPSA) is 66.9 Å². The van der Waals surface area contributed by atoms with Gasteiger partial charge in [0.15, 0.2) is 0 Å². The number of aryl methyl sites for hydroxylation is 1. The van der Waals surface area contributed by atoms with E-state index in [0.29, 0.717) is 22.4 Å². The summed E-state index contributed by atoms with van der Waals surface area (Å²) in [7, 11) is 0. The van der Waals surface area contributed by atoms with Crippen molar-refractivity contribution in [1.29, 1.82) is 0 Å². The fourth-order valence-electron chi connectivity index (χ4n) is 2.28. The van der Waals surface area contributed by atoms with Crippen molar-refractivity contribution in [3.05, 3.63) is 81.7 Å². The molecule has 0 fully saturated rings. The Morgan fingerprint density at radius 3 is 2.62 bits per heavy atom. The Bertz CT molecular complexity index is 929. The minimum absolute atomic E-state index is 0.227. The second kappa shape index (κ2) is 8.17. The van der Waals surface area contributed by atoms with Crippen LogP contribution in [0.4, 0.5) is 11.5 Å². The van der Waals surface area contributed by atoms with Crippen molar-refractivity contribution in [2.45, 2.75) is 13.5 Å². The van der Waals surface area contributed by atoms with Gasteiger partial charge in [0.25, 0.3) is 5.91 Å². The number of hydrogen-bond donors (Lipinski definition) is 2. The summed E-state index contributed by atoms with van der Waals surface area (Å²) in [6.07, 6.45) is 2.93. The smallest absolute Gasteiger partial charge is 0.271 e. The highest BCUT2D eigenvalue weighted by atomic mass is 35.5. The van der Waals surface area contributed by atoms with Crippen molar-refractivity contribution in [2.24, 2.45) is 0 Å². The highest BCUT2D eigenvalue weighted by Crippen LogP contribution is 2.23. The van der Waals surface area contributed by atoms with Gasteiger partial charge in [0.1, 0.15) is 11.5 Å². The second-order valence-corrected chi connectivity index (χ2v) is 6.49. The molecule has 3 aromatic rings. The Morgan fingerprint density at radius 2 is 1.88 bits per heavy atom. The lowest BCUT2D eigenvalue weighted by Crippen LogP contribution is -2.24. The first-order valence-electron chi connectivity index (χ1n) is 7.90. The number of hydrogen-bond acceptors (Lipinski definition) is 4. The maximum atomic E-state index is 12.2. The quantitative estimate of drug-likeness (QED) is 0.662. The van der Waals surface area contributed by atoms with E-state index in [9.17, 15) is 4.79 Å². The molecule has 0 bridgehead atoms. The molecule has 1 heterocycles. The molecule has 0 saturated heterocycles. The molecule has 1 amide bonds. The van der Waals surface area contributed by atoms with Crippen molar-refractivity contribution < 1.29 is 4.79 Å². The minimum atomic E-state index is -0.317.